The van der Waals surface area contributed by atoms with Crippen LogP contribution in [-0.2, 0) is 0 Å². The molecule has 2 nitrogen and oxygen atoms in total. The van der Waals surface area contributed by atoms with Crippen LogP contribution in [0, 0.1) is 0 Å². The van der Waals surface area contributed by atoms with Gasteiger partial charge < -0.3 is 4.74 Å². The third-order valence-electron chi connectivity index (χ3n) is 2.73. The topological polar surface area (TPSA) is 26.3 Å². The average molecular weight is 319 g/mol. The molecule has 0 atom stereocenters. The van der Waals surface area contributed by atoms with Crippen molar-refractivity contribution in [2.45, 2.75) is 12.8 Å². The third-order valence-corrected chi connectivity index (χ3v) is 3.25. The molecule has 19 heavy (non-hydrogen) atoms. The number of rotatable bonds is 6. The van der Waals surface area contributed by atoms with Crippen molar-refractivity contribution in [3.05, 3.63) is 64.6 Å². The second-order valence-electron chi connectivity index (χ2n) is 4.20. The second kappa shape index (κ2) is 7.10. The molecular formula is C16H15BrO2. The Morgan fingerprint density at radius 3 is 2.37 bits per heavy atom. The first-order valence-corrected chi connectivity index (χ1v) is 7.01. The molecule has 0 saturated carbocycles. The van der Waals surface area contributed by atoms with Crippen LogP contribution in [-0.4, -0.2) is 12.4 Å². The highest BCUT2D eigenvalue weighted by molar-refractivity contribution is 9.10. The number of benzene rings is 2. The van der Waals surface area contributed by atoms with Crippen LogP contribution >= 0.6 is 15.9 Å². The molecule has 0 aliphatic rings. The zero-order chi connectivity index (χ0) is 13.5. The van der Waals surface area contributed by atoms with E-state index >= 15 is 0 Å². The Kier molecular flexibility index (Phi) is 5.16. The zero-order valence-electron chi connectivity index (χ0n) is 10.5. The number of hydrogen-bond acceptors (Lipinski definition) is 2. The van der Waals surface area contributed by atoms with Crippen LogP contribution in [0.4, 0.5) is 0 Å². The monoisotopic (exact) mass is 318 g/mol. The van der Waals surface area contributed by atoms with Gasteiger partial charge in [-0.15, -0.1) is 0 Å². The number of ether oxygens (including phenoxy) is 1. The number of carbonyl (C=O) groups excluding carboxylic acids is 1. The van der Waals surface area contributed by atoms with Crippen molar-refractivity contribution in [3.8, 4) is 5.75 Å². The van der Waals surface area contributed by atoms with Crippen molar-refractivity contribution in [2.24, 2.45) is 0 Å². The summed E-state index contributed by atoms with van der Waals surface area (Å²) < 4.78 is 6.60. The van der Waals surface area contributed by atoms with Crippen LogP contribution in [0.1, 0.15) is 23.2 Å². The van der Waals surface area contributed by atoms with E-state index in [1.807, 2.05) is 54.6 Å². The first-order valence-electron chi connectivity index (χ1n) is 6.22. The summed E-state index contributed by atoms with van der Waals surface area (Å²) in [5.41, 5.74) is 0.770. The summed E-state index contributed by atoms with van der Waals surface area (Å²) in [6, 6.07) is 17.0. The van der Waals surface area contributed by atoms with Crippen LogP contribution < -0.4 is 4.74 Å². The van der Waals surface area contributed by atoms with Gasteiger partial charge in [0.1, 0.15) is 5.75 Å². The predicted molar refractivity (Wildman–Crippen MR) is 79.6 cm³/mol. The van der Waals surface area contributed by atoms with E-state index in [4.69, 9.17) is 4.74 Å². The number of carbonyl (C=O) groups is 1. The Balaban J connectivity index is 1.72. The van der Waals surface area contributed by atoms with Gasteiger partial charge >= 0.3 is 0 Å². The summed E-state index contributed by atoms with van der Waals surface area (Å²) in [6.45, 7) is 0.556. The molecule has 0 radical (unpaired) electrons. The fourth-order valence-corrected chi connectivity index (χ4v) is 1.99. The van der Waals surface area contributed by atoms with Gasteiger partial charge in [0, 0.05) is 16.5 Å². The number of ketones is 1. The molecule has 0 spiro atoms. The van der Waals surface area contributed by atoms with Crippen molar-refractivity contribution in [2.75, 3.05) is 6.61 Å². The third kappa shape index (κ3) is 4.52. The molecule has 3 heteroatoms. The Hall–Kier alpha value is -1.61. The standard InChI is InChI=1S/C16H15BrO2/c17-14-8-10-15(11-9-14)19-12-4-7-16(18)13-5-2-1-3-6-13/h1-3,5-6,8-11H,4,7,12H2. The van der Waals surface area contributed by atoms with E-state index in [0.717, 1.165) is 22.2 Å². The molecular weight excluding hydrogens is 304 g/mol. The van der Waals surface area contributed by atoms with E-state index in [9.17, 15) is 4.79 Å². The molecule has 0 unspecified atom stereocenters. The van der Waals surface area contributed by atoms with Crippen LogP contribution in [0.3, 0.4) is 0 Å². The average Bonchev–Trinajstić information content (AvgIpc) is 2.46. The van der Waals surface area contributed by atoms with Crippen molar-refractivity contribution in [3.63, 3.8) is 0 Å². The molecule has 98 valence electrons. The van der Waals surface area contributed by atoms with Gasteiger partial charge in [0.05, 0.1) is 6.61 Å². The SMILES string of the molecule is O=C(CCCOc1ccc(Br)cc1)c1ccccc1. The normalized spacial score (nSPS) is 10.2. The van der Waals surface area contributed by atoms with Gasteiger partial charge in [-0.3, -0.25) is 4.79 Å². The van der Waals surface area contributed by atoms with Gasteiger partial charge in [-0.05, 0) is 30.7 Å². The van der Waals surface area contributed by atoms with Gasteiger partial charge in [-0.2, -0.15) is 0 Å². The number of halogens is 1. The van der Waals surface area contributed by atoms with Gasteiger partial charge in [-0.1, -0.05) is 46.3 Å². The molecule has 2 rings (SSSR count). The Morgan fingerprint density at radius 2 is 1.68 bits per heavy atom. The maximum absolute atomic E-state index is 11.8. The summed E-state index contributed by atoms with van der Waals surface area (Å²) >= 11 is 3.37. The molecule has 0 aliphatic heterocycles. The fourth-order valence-electron chi connectivity index (χ4n) is 1.72. The molecule has 0 aliphatic carbocycles. The molecule has 0 saturated heterocycles. The van der Waals surface area contributed by atoms with E-state index in [-0.39, 0.29) is 5.78 Å². The van der Waals surface area contributed by atoms with E-state index in [1.165, 1.54) is 0 Å². The maximum Gasteiger partial charge on any atom is 0.163 e. The summed E-state index contributed by atoms with van der Waals surface area (Å²) in [6.07, 6.45) is 1.24. The minimum Gasteiger partial charge on any atom is -0.494 e. The minimum atomic E-state index is 0.167. The fraction of sp³-hybridized carbons (Fsp3) is 0.188. The lowest BCUT2D eigenvalue weighted by molar-refractivity contribution is 0.0973. The molecule has 0 N–H and O–H groups in total. The Bertz CT molecular complexity index is 520. The summed E-state index contributed by atoms with van der Waals surface area (Å²) in [5.74, 6) is 0.996. The van der Waals surface area contributed by atoms with Crippen molar-refractivity contribution in [1.29, 1.82) is 0 Å². The zero-order valence-corrected chi connectivity index (χ0v) is 12.1. The van der Waals surface area contributed by atoms with Gasteiger partial charge in [0.15, 0.2) is 5.78 Å². The molecule has 0 bridgehead atoms. The van der Waals surface area contributed by atoms with E-state index < -0.39 is 0 Å². The molecule has 0 fully saturated rings. The van der Waals surface area contributed by atoms with Crippen LogP contribution in [0.5, 0.6) is 5.75 Å². The first kappa shape index (κ1) is 13.8. The van der Waals surface area contributed by atoms with Crippen LogP contribution in [0.15, 0.2) is 59.1 Å². The lowest BCUT2D eigenvalue weighted by Crippen LogP contribution is -2.03. The van der Waals surface area contributed by atoms with Crippen molar-refractivity contribution in [1.82, 2.24) is 0 Å². The molecule has 0 amide bonds. The highest BCUT2D eigenvalue weighted by atomic mass is 79.9. The van der Waals surface area contributed by atoms with E-state index in [0.29, 0.717) is 13.0 Å². The first-order chi connectivity index (χ1) is 9.25. The van der Waals surface area contributed by atoms with Crippen LogP contribution in [0.2, 0.25) is 0 Å². The summed E-state index contributed by atoms with van der Waals surface area (Å²) in [7, 11) is 0. The highest BCUT2D eigenvalue weighted by Gasteiger charge is 2.04. The largest absolute Gasteiger partial charge is 0.494 e. The lowest BCUT2D eigenvalue weighted by atomic mass is 10.1. The van der Waals surface area contributed by atoms with Gasteiger partial charge in [0.2, 0.25) is 0 Å². The van der Waals surface area contributed by atoms with Gasteiger partial charge in [-0.25, -0.2) is 0 Å². The quantitative estimate of drug-likeness (QED) is 0.579. The lowest BCUT2D eigenvalue weighted by Gasteiger charge is -2.05. The Morgan fingerprint density at radius 1 is 1.00 bits per heavy atom. The molecule has 2 aromatic rings. The second-order valence-corrected chi connectivity index (χ2v) is 5.11. The maximum atomic E-state index is 11.8. The highest BCUT2D eigenvalue weighted by Crippen LogP contribution is 2.16. The number of hydrogen-bond donors (Lipinski definition) is 0. The van der Waals surface area contributed by atoms with Crippen molar-refractivity contribution < 1.29 is 9.53 Å². The molecule has 0 aromatic heterocycles. The number of Topliss-reactive ketones (excluding diaryl/α,β-unsaturated/α-hetero) is 1. The predicted octanol–water partition coefficient (Wildman–Crippen LogP) is 4.49. The minimum absolute atomic E-state index is 0.167. The molecule has 2 aromatic carbocycles. The molecule has 0 heterocycles. The van der Waals surface area contributed by atoms with Crippen molar-refractivity contribution >= 4 is 21.7 Å². The summed E-state index contributed by atoms with van der Waals surface area (Å²) in [5, 5.41) is 0. The van der Waals surface area contributed by atoms with Gasteiger partial charge in [0.25, 0.3) is 0 Å². The van der Waals surface area contributed by atoms with Crippen LogP contribution in [0.25, 0.3) is 0 Å². The van der Waals surface area contributed by atoms with E-state index in [1.54, 1.807) is 0 Å². The Labute approximate surface area is 121 Å². The summed E-state index contributed by atoms with van der Waals surface area (Å²) in [4.78, 5) is 11.8. The van der Waals surface area contributed by atoms with E-state index in [2.05, 4.69) is 15.9 Å². The smallest absolute Gasteiger partial charge is 0.163 e.